The SMILES string of the molecule is COCc1ccc(C(=O)N2CCOC(c3cccc(F)c3)C2)cc1. The van der Waals surface area contributed by atoms with Crippen molar-refractivity contribution < 1.29 is 18.7 Å². The Bertz CT molecular complexity index is 702. The second kappa shape index (κ2) is 7.55. The van der Waals surface area contributed by atoms with Gasteiger partial charge in [-0.25, -0.2) is 4.39 Å². The van der Waals surface area contributed by atoms with Gasteiger partial charge >= 0.3 is 0 Å². The molecule has 0 bridgehead atoms. The standard InChI is InChI=1S/C19H20FNO3/c1-23-13-14-5-7-15(8-6-14)19(22)21-9-10-24-18(12-21)16-3-2-4-17(20)11-16/h2-8,11,18H,9-10,12-13H2,1H3. The van der Waals surface area contributed by atoms with Gasteiger partial charge in [-0.1, -0.05) is 24.3 Å². The number of nitrogens with zero attached hydrogens (tertiary/aromatic N) is 1. The number of halogens is 1. The first kappa shape index (κ1) is 16.6. The van der Waals surface area contributed by atoms with Gasteiger partial charge in [0.05, 0.1) is 19.8 Å². The predicted octanol–water partition coefficient (Wildman–Crippen LogP) is 3.19. The van der Waals surface area contributed by atoms with Gasteiger partial charge in [0.2, 0.25) is 0 Å². The molecule has 126 valence electrons. The minimum Gasteiger partial charge on any atom is -0.380 e. The number of benzene rings is 2. The molecular formula is C19H20FNO3. The first-order valence-electron chi connectivity index (χ1n) is 7.91. The molecule has 1 fully saturated rings. The van der Waals surface area contributed by atoms with Crippen LogP contribution in [0.1, 0.15) is 27.6 Å². The van der Waals surface area contributed by atoms with Crippen LogP contribution in [0, 0.1) is 5.82 Å². The Kier molecular flexibility index (Phi) is 5.23. The van der Waals surface area contributed by atoms with E-state index in [2.05, 4.69) is 0 Å². The van der Waals surface area contributed by atoms with Crippen molar-refractivity contribution in [1.82, 2.24) is 4.90 Å². The van der Waals surface area contributed by atoms with Gasteiger partial charge in [-0.3, -0.25) is 4.79 Å². The van der Waals surface area contributed by atoms with E-state index in [0.717, 1.165) is 11.1 Å². The molecule has 1 atom stereocenters. The molecule has 0 saturated carbocycles. The number of amides is 1. The second-order valence-electron chi connectivity index (χ2n) is 5.80. The molecule has 0 aliphatic carbocycles. The van der Waals surface area contributed by atoms with E-state index in [1.807, 2.05) is 30.3 Å². The predicted molar refractivity (Wildman–Crippen MR) is 88.2 cm³/mol. The number of rotatable bonds is 4. The van der Waals surface area contributed by atoms with Gasteiger partial charge in [0, 0.05) is 19.2 Å². The Morgan fingerprint density at radius 3 is 2.79 bits per heavy atom. The van der Waals surface area contributed by atoms with E-state index in [0.29, 0.717) is 31.9 Å². The minimum atomic E-state index is -0.300. The monoisotopic (exact) mass is 329 g/mol. The van der Waals surface area contributed by atoms with Crippen LogP contribution in [0.25, 0.3) is 0 Å². The van der Waals surface area contributed by atoms with E-state index in [1.165, 1.54) is 12.1 Å². The summed E-state index contributed by atoms with van der Waals surface area (Å²) in [4.78, 5) is 14.4. The Balaban J connectivity index is 1.70. The Hall–Kier alpha value is -2.24. The highest BCUT2D eigenvalue weighted by Crippen LogP contribution is 2.24. The molecule has 1 saturated heterocycles. The molecule has 4 nitrogen and oxygen atoms in total. The maximum atomic E-state index is 13.4. The molecule has 5 heteroatoms. The number of hydrogen-bond acceptors (Lipinski definition) is 3. The normalized spacial score (nSPS) is 17.8. The molecule has 0 spiro atoms. The maximum absolute atomic E-state index is 13.4. The van der Waals surface area contributed by atoms with Gasteiger partial charge in [-0.05, 0) is 35.4 Å². The smallest absolute Gasteiger partial charge is 0.254 e. The summed E-state index contributed by atoms with van der Waals surface area (Å²) in [5.74, 6) is -0.336. The minimum absolute atomic E-state index is 0.0383. The number of hydrogen-bond donors (Lipinski definition) is 0. The van der Waals surface area contributed by atoms with Crippen LogP contribution < -0.4 is 0 Å². The van der Waals surface area contributed by atoms with E-state index in [1.54, 1.807) is 18.1 Å². The number of ether oxygens (including phenoxy) is 2. The third-order valence-electron chi connectivity index (χ3n) is 4.09. The summed E-state index contributed by atoms with van der Waals surface area (Å²) in [6, 6.07) is 13.7. The van der Waals surface area contributed by atoms with Gasteiger partial charge in [0.15, 0.2) is 0 Å². The van der Waals surface area contributed by atoms with E-state index in [9.17, 15) is 9.18 Å². The first-order valence-corrected chi connectivity index (χ1v) is 7.91. The molecule has 24 heavy (non-hydrogen) atoms. The molecule has 2 aromatic rings. The van der Waals surface area contributed by atoms with Crippen LogP contribution in [-0.2, 0) is 16.1 Å². The lowest BCUT2D eigenvalue weighted by Gasteiger charge is -2.33. The van der Waals surface area contributed by atoms with Crippen molar-refractivity contribution >= 4 is 5.91 Å². The van der Waals surface area contributed by atoms with Crippen molar-refractivity contribution in [2.45, 2.75) is 12.7 Å². The maximum Gasteiger partial charge on any atom is 0.254 e. The van der Waals surface area contributed by atoms with Crippen molar-refractivity contribution in [3.63, 3.8) is 0 Å². The average Bonchev–Trinajstić information content (AvgIpc) is 2.62. The second-order valence-corrected chi connectivity index (χ2v) is 5.80. The molecule has 1 heterocycles. The highest BCUT2D eigenvalue weighted by atomic mass is 19.1. The van der Waals surface area contributed by atoms with Crippen molar-refractivity contribution in [2.75, 3.05) is 26.8 Å². The molecule has 1 unspecified atom stereocenters. The van der Waals surface area contributed by atoms with E-state index in [4.69, 9.17) is 9.47 Å². The van der Waals surface area contributed by atoms with Crippen LogP contribution >= 0.6 is 0 Å². The van der Waals surface area contributed by atoms with Crippen LogP contribution in [0.2, 0.25) is 0 Å². The number of carbonyl (C=O) groups is 1. The summed E-state index contributed by atoms with van der Waals surface area (Å²) < 4.78 is 24.2. The fraction of sp³-hybridized carbons (Fsp3) is 0.316. The van der Waals surface area contributed by atoms with Crippen molar-refractivity contribution in [1.29, 1.82) is 0 Å². The van der Waals surface area contributed by atoms with Crippen LogP contribution in [0.5, 0.6) is 0 Å². The third-order valence-corrected chi connectivity index (χ3v) is 4.09. The summed E-state index contributed by atoms with van der Waals surface area (Å²) in [5, 5.41) is 0. The molecule has 2 aromatic carbocycles. The van der Waals surface area contributed by atoms with E-state index < -0.39 is 0 Å². The molecule has 0 radical (unpaired) electrons. The molecule has 0 N–H and O–H groups in total. The van der Waals surface area contributed by atoms with Gasteiger partial charge in [0.1, 0.15) is 11.9 Å². The van der Waals surface area contributed by atoms with E-state index in [-0.39, 0.29) is 17.8 Å². The largest absolute Gasteiger partial charge is 0.380 e. The van der Waals surface area contributed by atoms with Gasteiger partial charge in [-0.2, -0.15) is 0 Å². The van der Waals surface area contributed by atoms with Crippen LogP contribution in [0.3, 0.4) is 0 Å². The third kappa shape index (κ3) is 3.80. The zero-order valence-electron chi connectivity index (χ0n) is 13.6. The summed E-state index contributed by atoms with van der Waals surface area (Å²) in [6.45, 7) is 1.91. The summed E-state index contributed by atoms with van der Waals surface area (Å²) in [7, 11) is 1.64. The molecule has 0 aromatic heterocycles. The molecule has 1 aliphatic heterocycles. The quantitative estimate of drug-likeness (QED) is 0.865. The fourth-order valence-corrected chi connectivity index (χ4v) is 2.84. The topological polar surface area (TPSA) is 38.8 Å². The first-order chi connectivity index (χ1) is 11.7. The summed E-state index contributed by atoms with van der Waals surface area (Å²) in [6.07, 6.45) is -0.300. The van der Waals surface area contributed by atoms with Crippen LogP contribution in [0.4, 0.5) is 4.39 Å². The number of methoxy groups -OCH3 is 1. The zero-order valence-corrected chi connectivity index (χ0v) is 13.6. The molecule has 1 amide bonds. The number of morpholine rings is 1. The molecule has 3 rings (SSSR count). The highest BCUT2D eigenvalue weighted by molar-refractivity contribution is 5.94. The highest BCUT2D eigenvalue weighted by Gasteiger charge is 2.26. The van der Waals surface area contributed by atoms with Crippen molar-refractivity contribution in [2.24, 2.45) is 0 Å². The number of carbonyl (C=O) groups excluding carboxylic acids is 1. The Morgan fingerprint density at radius 2 is 2.08 bits per heavy atom. The van der Waals surface area contributed by atoms with Gasteiger partial charge in [-0.15, -0.1) is 0 Å². The lowest BCUT2D eigenvalue weighted by molar-refractivity contribution is -0.0229. The Labute approximate surface area is 140 Å². The van der Waals surface area contributed by atoms with Crippen LogP contribution in [-0.4, -0.2) is 37.6 Å². The zero-order chi connectivity index (χ0) is 16.9. The van der Waals surface area contributed by atoms with Gasteiger partial charge < -0.3 is 14.4 Å². The average molecular weight is 329 g/mol. The van der Waals surface area contributed by atoms with Crippen molar-refractivity contribution in [3.05, 3.63) is 71.0 Å². The summed E-state index contributed by atoms with van der Waals surface area (Å²) in [5.41, 5.74) is 2.41. The van der Waals surface area contributed by atoms with Crippen molar-refractivity contribution in [3.8, 4) is 0 Å². The summed E-state index contributed by atoms with van der Waals surface area (Å²) >= 11 is 0. The van der Waals surface area contributed by atoms with Crippen LogP contribution in [0.15, 0.2) is 48.5 Å². The lowest BCUT2D eigenvalue weighted by atomic mass is 10.1. The van der Waals surface area contributed by atoms with Gasteiger partial charge in [0.25, 0.3) is 5.91 Å². The molecular weight excluding hydrogens is 309 g/mol. The lowest BCUT2D eigenvalue weighted by Crippen LogP contribution is -2.42. The van der Waals surface area contributed by atoms with E-state index >= 15 is 0 Å². The molecule has 1 aliphatic rings. The Morgan fingerprint density at radius 1 is 1.29 bits per heavy atom. The fourth-order valence-electron chi connectivity index (χ4n) is 2.84.